The van der Waals surface area contributed by atoms with Crippen LogP contribution >= 0.6 is 0 Å². The Hall–Kier alpha value is -2.20. The van der Waals surface area contributed by atoms with Crippen molar-refractivity contribution >= 4 is 11.6 Å². The number of carbonyl (C=O) groups excluding carboxylic acids is 1. The zero-order chi connectivity index (χ0) is 13.8. The van der Waals surface area contributed by atoms with Crippen molar-refractivity contribution in [3.05, 3.63) is 65.5 Å². The SMILES string of the molecule is Cc1c(F)cccc1NC(=O)[C@H](N)c1ccccc1. The van der Waals surface area contributed by atoms with Crippen LogP contribution in [0.3, 0.4) is 0 Å². The number of nitrogens with two attached hydrogens (primary N) is 1. The van der Waals surface area contributed by atoms with Crippen molar-refractivity contribution in [1.29, 1.82) is 0 Å². The van der Waals surface area contributed by atoms with E-state index in [1.807, 2.05) is 18.2 Å². The fraction of sp³-hybridized carbons (Fsp3) is 0.133. The van der Waals surface area contributed by atoms with E-state index in [-0.39, 0.29) is 11.7 Å². The first kappa shape index (κ1) is 13.2. The molecule has 0 aromatic heterocycles. The first-order valence-corrected chi connectivity index (χ1v) is 5.96. The molecule has 3 N–H and O–H groups in total. The Kier molecular flexibility index (Phi) is 3.92. The Morgan fingerprint density at radius 3 is 2.53 bits per heavy atom. The summed E-state index contributed by atoms with van der Waals surface area (Å²) < 4.78 is 13.4. The molecule has 0 unspecified atom stereocenters. The molecule has 0 aliphatic rings. The molecule has 1 amide bonds. The van der Waals surface area contributed by atoms with Gasteiger partial charge in [0.25, 0.3) is 0 Å². The summed E-state index contributed by atoms with van der Waals surface area (Å²) in [7, 11) is 0. The van der Waals surface area contributed by atoms with Crippen molar-refractivity contribution in [2.24, 2.45) is 5.73 Å². The summed E-state index contributed by atoms with van der Waals surface area (Å²) in [6.45, 7) is 1.61. The number of benzene rings is 2. The highest BCUT2D eigenvalue weighted by Gasteiger charge is 2.16. The fourth-order valence-corrected chi connectivity index (χ4v) is 1.77. The van der Waals surface area contributed by atoms with Crippen LogP contribution in [0.2, 0.25) is 0 Å². The molecular weight excluding hydrogens is 243 g/mol. The summed E-state index contributed by atoms with van der Waals surface area (Å²) in [4.78, 5) is 12.0. The van der Waals surface area contributed by atoms with Crippen molar-refractivity contribution in [2.45, 2.75) is 13.0 Å². The zero-order valence-corrected chi connectivity index (χ0v) is 10.6. The number of hydrogen-bond acceptors (Lipinski definition) is 2. The van der Waals surface area contributed by atoms with Gasteiger partial charge >= 0.3 is 0 Å². The number of hydrogen-bond donors (Lipinski definition) is 2. The summed E-state index contributed by atoms with van der Waals surface area (Å²) in [5.41, 5.74) is 7.43. The van der Waals surface area contributed by atoms with Crippen molar-refractivity contribution in [3.8, 4) is 0 Å². The standard InChI is InChI=1S/C15H15FN2O/c1-10-12(16)8-5-9-13(10)18-15(19)14(17)11-6-3-2-4-7-11/h2-9,14H,17H2,1H3,(H,18,19)/t14-/m1/s1. The Labute approximate surface area is 111 Å². The highest BCUT2D eigenvalue weighted by atomic mass is 19.1. The van der Waals surface area contributed by atoms with Gasteiger partial charge in [0.15, 0.2) is 0 Å². The summed E-state index contributed by atoms with van der Waals surface area (Å²) in [6, 6.07) is 12.8. The maximum Gasteiger partial charge on any atom is 0.245 e. The highest BCUT2D eigenvalue weighted by molar-refractivity contribution is 5.95. The van der Waals surface area contributed by atoms with Crippen LogP contribution in [-0.2, 0) is 4.79 Å². The van der Waals surface area contributed by atoms with E-state index in [9.17, 15) is 9.18 Å². The molecule has 0 radical (unpaired) electrons. The van der Waals surface area contributed by atoms with Gasteiger partial charge in [-0.1, -0.05) is 36.4 Å². The van der Waals surface area contributed by atoms with Gasteiger partial charge in [-0.25, -0.2) is 4.39 Å². The van der Waals surface area contributed by atoms with E-state index in [4.69, 9.17) is 5.73 Å². The first-order chi connectivity index (χ1) is 9.09. The number of rotatable bonds is 3. The first-order valence-electron chi connectivity index (χ1n) is 5.96. The molecule has 0 bridgehead atoms. The summed E-state index contributed by atoms with van der Waals surface area (Å²) in [6.07, 6.45) is 0. The smallest absolute Gasteiger partial charge is 0.245 e. The Balaban J connectivity index is 2.15. The van der Waals surface area contributed by atoms with E-state index in [2.05, 4.69) is 5.32 Å². The molecule has 3 nitrogen and oxygen atoms in total. The minimum absolute atomic E-state index is 0.355. The number of amides is 1. The van der Waals surface area contributed by atoms with Crippen molar-refractivity contribution in [3.63, 3.8) is 0 Å². The predicted molar refractivity (Wildman–Crippen MR) is 73.1 cm³/mol. The van der Waals surface area contributed by atoms with E-state index in [1.165, 1.54) is 6.07 Å². The monoisotopic (exact) mass is 258 g/mol. The molecule has 0 aliphatic heterocycles. The second-order valence-electron chi connectivity index (χ2n) is 4.29. The van der Waals surface area contributed by atoms with Crippen LogP contribution in [0.25, 0.3) is 0 Å². The van der Waals surface area contributed by atoms with Gasteiger partial charge < -0.3 is 11.1 Å². The predicted octanol–water partition coefficient (Wildman–Crippen LogP) is 2.77. The van der Waals surface area contributed by atoms with Crippen LogP contribution in [0.15, 0.2) is 48.5 Å². The molecule has 2 rings (SSSR count). The van der Waals surface area contributed by atoms with Gasteiger partial charge in [-0.2, -0.15) is 0 Å². The lowest BCUT2D eigenvalue weighted by molar-refractivity contribution is -0.117. The van der Waals surface area contributed by atoms with Gasteiger partial charge in [-0.05, 0) is 24.6 Å². The summed E-state index contributed by atoms with van der Waals surface area (Å²) in [5.74, 6) is -0.717. The third-order valence-corrected chi connectivity index (χ3v) is 2.97. The molecule has 98 valence electrons. The second kappa shape index (κ2) is 5.63. The third kappa shape index (κ3) is 2.98. The molecular formula is C15H15FN2O. The van der Waals surface area contributed by atoms with Crippen LogP contribution in [0.4, 0.5) is 10.1 Å². The number of carbonyl (C=O) groups is 1. The molecule has 2 aromatic rings. The molecule has 2 aromatic carbocycles. The minimum atomic E-state index is -0.774. The minimum Gasteiger partial charge on any atom is -0.324 e. The van der Waals surface area contributed by atoms with Gasteiger partial charge in [0.2, 0.25) is 5.91 Å². The van der Waals surface area contributed by atoms with E-state index < -0.39 is 6.04 Å². The molecule has 0 fully saturated rings. The van der Waals surface area contributed by atoms with Crippen molar-refractivity contribution in [2.75, 3.05) is 5.32 Å². The second-order valence-corrected chi connectivity index (χ2v) is 4.29. The van der Waals surface area contributed by atoms with E-state index in [0.29, 0.717) is 16.8 Å². The maximum absolute atomic E-state index is 13.4. The largest absolute Gasteiger partial charge is 0.324 e. The van der Waals surface area contributed by atoms with Crippen LogP contribution < -0.4 is 11.1 Å². The molecule has 0 aliphatic carbocycles. The lowest BCUT2D eigenvalue weighted by atomic mass is 10.1. The van der Waals surface area contributed by atoms with E-state index in [1.54, 1.807) is 31.2 Å². The van der Waals surface area contributed by atoms with Gasteiger partial charge in [0.1, 0.15) is 11.9 Å². The quantitative estimate of drug-likeness (QED) is 0.889. The van der Waals surface area contributed by atoms with Crippen LogP contribution in [0.5, 0.6) is 0 Å². The van der Waals surface area contributed by atoms with E-state index >= 15 is 0 Å². The van der Waals surface area contributed by atoms with Gasteiger partial charge in [0, 0.05) is 11.3 Å². The molecule has 0 heterocycles. The van der Waals surface area contributed by atoms with Gasteiger partial charge in [0.05, 0.1) is 0 Å². The fourth-order valence-electron chi connectivity index (χ4n) is 1.77. The number of nitrogens with one attached hydrogen (secondary N) is 1. The lowest BCUT2D eigenvalue weighted by Gasteiger charge is -2.14. The molecule has 0 saturated carbocycles. The van der Waals surface area contributed by atoms with Crippen molar-refractivity contribution < 1.29 is 9.18 Å². The van der Waals surface area contributed by atoms with Crippen LogP contribution in [0, 0.1) is 12.7 Å². The Morgan fingerprint density at radius 2 is 1.84 bits per heavy atom. The highest BCUT2D eigenvalue weighted by Crippen LogP contribution is 2.19. The third-order valence-electron chi connectivity index (χ3n) is 2.97. The van der Waals surface area contributed by atoms with Gasteiger partial charge in [-0.3, -0.25) is 4.79 Å². The molecule has 0 saturated heterocycles. The van der Waals surface area contributed by atoms with Crippen LogP contribution in [-0.4, -0.2) is 5.91 Å². The number of halogens is 1. The maximum atomic E-state index is 13.4. The molecule has 1 atom stereocenters. The van der Waals surface area contributed by atoms with Gasteiger partial charge in [-0.15, -0.1) is 0 Å². The topological polar surface area (TPSA) is 55.1 Å². The lowest BCUT2D eigenvalue weighted by Crippen LogP contribution is -2.28. The average Bonchev–Trinajstić information content (AvgIpc) is 2.44. The molecule has 19 heavy (non-hydrogen) atoms. The zero-order valence-electron chi connectivity index (χ0n) is 10.6. The summed E-state index contributed by atoms with van der Waals surface area (Å²) >= 11 is 0. The summed E-state index contributed by atoms with van der Waals surface area (Å²) in [5, 5.41) is 2.65. The Bertz CT molecular complexity index is 584. The Morgan fingerprint density at radius 1 is 1.16 bits per heavy atom. The number of anilines is 1. The van der Waals surface area contributed by atoms with Crippen LogP contribution in [0.1, 0.15) is 17.2 Å². The van der Waals surface area contributed by atoms with E-state index in [0.717, 1.165) is 0 Å². The molecule has 0 spiro atoms. The average molecular weight is 258 g/mol. The molecule has 4 heteroatoms. The van der Waals surface area contributed by atoms with Crippen molar-refractivity contribution in [1.82, 2.24) is 0 Å². The normalized spacial score (nSPS) is 11.9.